The fourth-order valence-electron chi connectivity index (χ4n) is 2.40. The molecule has 0 radical (unpaired) electrons. The lowest BCUT2D eigenvalue weighted by Crippen LogP contribution is -2.39. The van der Waals surface area contributed by atoms with E-state index in [4.69, 9.17) is 4.74 Å². The van der Waals surface area contributed by atoms with E-state index in [0.717, 1.165) is 10.9 Å². The molecular formula is C14H17N3O3. The van der Waals surface area contributed by atoms with E-state index in [2.05, 4.69) is 5.10 Å². The predicted octanol–water partition coefficient (Wildman–Crippen LogP) is 0.256. The lowest BCUT2D eigenvalue weighted by Gasteiger charge is -2.21. The summed E-state index contributed by atoms with van der Waals surface area (Å²) in [6.07, 6.45) is 1.14. The van der Waals surface area contributed by atoms with Crippen molar-refractivity contribution in [3.63, 3.8) is 0 Å². The summed E-state index contributed by atoms with van der Waals surface area (Å²) in [5.41, 5.74) is 0.937. The number of aromatic nitrogens is 2. The zero-order chi connectivity index (χ0) is 13.9. The minimum Gasteiger partial charge on any atom is -0.389 e. The minimum atomic E-state index is -0.615. The number of para-hydroxylation sites is 1. The molecule has 106 valence electrons. The first-order valence-corrected chi connectivity index (χ1v) is 6.68. The number of β-amino-alcohol motifs (C(OH)–C–C–N with tert-alkyl or cyclic N) is 1. The number of carbonyl (C=O) groups excluding carboxylic acids is 1. The molecule has 1 aliphatic rings. The molecule has 0 spiro atoms. The minimum absolute atomic E-state index is 0.0524. The number of carbonyl (C=O) groups is 1. The van der Waals surface area contributed by atoms with Gasteiger partial charge >= 0.3 is 0 Å². The number of rotatable bonds is 2. The van der Waals surface area contributed by atoms with Crippen LogP contribution >= 0.6 is 0 Å². The van der Waals surface area contributed by atoms with E-state index in [9.17, 15) is 9.90 Å². The van der Waals surface area contributed by atoms with E-state index in [1.54, 1.807) is 15.8 Å². The normalized spacial score (nSPS) is 20.1. The van der Waals surface area contributed by atoms with E-state index >= 15 is 0 Å². The van der Waals surface area contributed by atoms with Crippen LogP contribution in [0.5, 0.6) is 0 Å². The molecule has 1 saturated heterocycles. The van der Waals surface area contributed by atoms with Crippen LogP contribution in [0.4, 0.5) is 0 Å². The second-order valence-electron chi connectivity index (χ2n) is 4.93. The van der Waals surface area contributed by atoms with Crippen LogP contribution in [0.15, 0.2) is 30.5 Å². The molecule has 1 amide bonds. The summed E-state index contributed by atoms with van der Waals surface area (Å²) < 4.78 is 6.92. The van der Waals surface area contributed by atoms with E-state index in [1.807, 2.05) is 24.3 Å². The number of ether oxygens (including phenoxy) is 1. The molecule has 0 aliphatic carbocycles. The maximum atomic E-state index is 12.3. The van der Waals surface area contributed by atoms with Gasteiger partial charge in [-0.25, -0.2) is 0 Å². The van der Waals surface area contributed by atoms with Crippen LogP contribution in [-0.4, -0.2) is 58.1 Å². The summed E-state index contributed by atoms with van der Waals surface area (Å²) in [7, 11) is 0. The van der Waals surface area contributed by atoms with Gasteiger partial charge in [0.2, 0.25) is 5.91 Å². The molecule has 6 nitrogen and oxygen atoms in total. The third-order valence-electron chi connectivity index (χ3n) is 3.44. The number of hydrogen-bond acceptors (Lipinski definition) is 4. The Balaban J connectivity index is 1.75. The number of aliphatic hydroxyl groups is 1. The molecule has 0 bridgehead atoms. The summed E-state index contributed by atoms with van der Waals surface area (Å²) in [5, 5.41) is 14.9. The zero-order valence-corrected chi connectivity index (χ0v) is 11.1. The van der Waals surface area contributed by atoms with Gasteiger partial charge in [-0.3, -0.25) is 9.48 Å². The number of hydrogen-bond donors (Lipinski definition) is 1. The first-order valence-electron chi connectivity index (χ1n) is 6.68. The second kappa shape index (κ2) is 5.60. The molecule has 2 heterocycles. The van der Waals surface area contributed by atoms with Crippen molar-refractivity contribution in [2.45, 2.75) is 12.6 Å². The van der Waals surface area contributed by atoms with Gasteiger partial charge in [0.05, 0.1) is 31.0 Å². The lowest BCUT2D eigenvalue weighted by molar-refractivity contribution is -0.132. The summed E-state index contributed by atoms with van der Waals surface area (Å²) in [4.78, 5) is 13.9. The Morgan fingerprint density at radius 2 is 2.30 bits per heavy atom. The molecule has 3 rings (SSSR count). The Kier molecular flexibility index (Phi) is 3.66. The Morgan fingerprint density at radius 1 is 1.45 bits per heavy atom. The molecule has 20 heavy (non-hydrogen) atoms. The Hall–Kier alpha value is -1.92. The maximum Gasteiger partial charge on any atom is 0.244 e. The maximum absolute atomic E-state index is 12.3. The Labute approximate surface area is 116 Å². The van der Waals surface area contributed by atoms with Gasteiger partial charge in [-0.2, -0.15) is 5.10 Å². The number of fused-ring (bicyclic) bond motifs is 1. The van der Waals surface area contributed by atoms with Crippen LogP contribution in [0.2, 0.25) is 0 Å². The van der Waals surface area contributed by atoms with Crippen LogP contribution < -0.4 is 0 Å². The summed E-state index contributed by atoms with van der Waals surface area (Å²) >= 11 is 0. The quantitative estimate of drug-likeness (QED) is 0.853. The number of benzene rings is 1. The SMILES string of the molecule is O=C(Cn1ncc2ccccc21)N1CCOC[C@H](O)C1. The van der Waals surface area contributed by atoms with Crippen LogP contribution in [0.25, 0.3) is 10.9 Å². The Morgan fingerprint density at radius 3 is 3.20 bits per heavy atom. The molecule has 0 unspecified atom stereocenters. The molecule has 1 fully saturated rings. The van der Waals surface area contributed by atoms with E-state index in [0.29, 0.717) is 19.7 Å². The second-order valence-corrected chi connectivity index (χ2v) is 4.93. The van der Waals surface area contributed by atoms with Crippen molar-refractivity contribution >= 4 is 16.8 Å². The van der Waals surface area contributed by atoms with E-state index in [1.165, 1.54) is 0 Å². The number of amides is 1. The van der Waals surface area contributed by atoms with Crippen LogP contribution in [0, 0.1) is 0 Å². The topological polar surface area (TPSA) is 67.6 Å². The number of nitrogens with zero attached hydrogens (tertiary/aromatic N) is 3. The predicted molar refractivity (Wildman–Crippen MR) is 73.1 cm³/mol. The van der Waals surface area contributed by atoms with E-state index in [-0.39, 0.29) is 19.1 Å². The highest BCUT2D eigenvalue weighted by atomic mass is 16.5. The van der Waals surface area contributed by atoms with Crippen molar-refractivity contribution in [1.82, 2.24) is 14.7 Å². The fraction of sp³-hybridized carbons (Fsp3) is 0.429. The average molecular weight is 275 g/mol. The molecule has 6 heteroatoms. The smallest absolute Gasteiger partial charge is 0.244 e. The number of aliphatic hydroxyl groups excluding tert-OH is 1. The summed E-state index contributed by atoms with van der Waals surface area (Å²) in [6.45, 7) is 1.75. The highest BCUT2D eigenvalue weighted by Crippen LogP contribution is 2.13. The first kappa shape index (κ1) is 13.1. The fourth-order valence-corrected chi connectivity index (χ4v) is 2.40. The van der Waals surface area contributed by atoms with Gasteiger partial charge in [-0.15, -0.1) is 0 Å². The van der Waals surface area contributed by atoms with Crippen molar-refractivity contribution in [3.8, 4) is 0 Å². The molecule has 1 aromatic heterocycles. The van der Waals surface area contributed by atoms with Crippen molar-refractivity contribution in [1.29, 1.82) is 0 Å². The zero-order valence-electron chi connectivity index (χ0n) is 11.1. The van der Waals surface area contributed by atoms with Gasteiger partial charge in [0.1, 0.15) is 6.54 Å². The molecular weight excluding hydrogens is 258 g/mol. The van der Waals surface area contributed by atoms with Gasteiger partial charge in [-0.1, -0.05) is 18.2 Å². The highest BCUT2D eigenvalue weighted by Gasteiger charge is 2.21. The van der Waals surface area contributed by atoms with Gasteiger partial charge in [0.25, 0.3) is 0 Å². The summed E-state index contributed by atoms with van der Waals surface area (Å²) in [6, 6.07) is 7.77. The lowest BCUT2D eigenvalue weighted by atomic mass is 10.2. The third kappa shape index (κ3) is 2.66. The molecule has 1 atom stereocenters. The molecule has 1 aliphatic heterocycles. The van der Waals surface area contributed by atoms with Gasteiger partial charge in [0.15, 0.2) is 0 Å². The molecule has 1 aromatic carbocycles. The van der Waals surface area contributed by atoms with Crippen molar-refractivity contribution < 1.29 is 14.6 Å². The summed E-state index contributed by atoms with van der Waals surface area (Å²) in [5.74, 6) is -0.0524. The van der Waals surface area contributed by atoms with Crippen LogP contribution in [0.3, 0.4) is 0 Å². The molecule has 1 N–H and O–H groups in total. The Bertz CT molecular complexity index is 610. The standard InChI is InChI=1S/C14H17N3O3/c18-12-8-16(5-6-20-10-12)14(19)9-17-13-4-2-1-3-11(13)7-15-17/h1-4,7,12,18H,5-6,8-10H2/t12-/m1/s1. The van der Waals surface area contributed by atoms with Gasteiger partial charge in [0, 0.05) is 18.5 Å². The monoisotopic (exact) mass is 275 g/mol. The van der Waals surface area contributed by atoms with Gasteiger partial charge < -0.3 is 14.7 Å². The largest absolute Gasteiger partial charge is 0.389 e. The molecule has 2 aromatic rings. The van der Waals surface area contributed by atoms with Crippen molar-refractivity contribution in [2.75, 3.05) is 26.3 Å². The van der Waals surface area contributed by atoms with E-state index < -0.39 is 6.10 Å². The third-order valence-corrected chi connectivity index (χ3v) is 3.44. The van der Waals surface area contributed by atoms with Crippen LogP contribution in [0.1, 0.15) is 0 Å². The van der Waals surface area contributed by atoms with Crippen molar-refractivity contribution in [3.05, 3.63) is 30.5 Å². The average Bonchev–Trinajstić information content (AvgIpc) is 2.72. The first-order chi connectivity index (χ1) is 9.74. The van der Waals surface area contributed by atoms with Crippen molar-refractivity contribution in [2.24, 2.45) is 0 Å². The highest BCUT2D eigenvalue weighted by molar-refractivity contribution is 5.82. The molecule has 0 saturated carbocycles. The van der Waals surface area contributed by atoms with Gasteiger partial charge in [-0.05, 0) is 6.07 Å². The van der Waals surface area contributed by atoms with Crippen LogP contribution in [-0.2, 0) is 16.1 Å².